The van der Waals surface area contributed by atoms with Gasteiger partial charge in [0.25, 0.3) is 10.0 Å². The number of hydrogen-bond acceptors (Lipinski definition) is 7. The van der Waals surface area contributed by atoms with Crippen molar-refractivity contribution in [3.63, 3.8) is 0 Å². The summed E-state index contributed by atoms with van der Waals surface area (Å²) in [6, 6.07) is 7.22. The first kappa shape index (κ1) is 19.3. The van der Waals surface area contributed by atoms with Crippen LogP contribution in [0.25, 0.3) is 0 Å². The number of hydrogen-bond donors (Lipinski definition) is 2. The Bertz CT molecular complexity index is 897. The number of aromatic nitrogens is 2. The van der Waals surface area contributed by atoms with E-state index in [1.165, 1.54) is 37.6 Å². The van der Waals surface area contributed by atoms with Gasteiger partial charge in [0.15, 0.2) is 0 Å². The van der Waals surface area contributed by atoms with E-state index in [4.69, 9.17) is 0 Å². The average Bonchev–Trinajstić information content (AvgIpc) is 2.59. The van der Waals surface area contributed by atoms with E-state index < -0.39 is 16.0 Å². The molecule has 1 heterocycles. The molecule has 2 N–H and O–H groups in total. The maximum absolute atomic E-state index is 12.3. The van der Waals surface area contributed by atoms with Crippen LogP contribution in [0.4, 0.5) is 11.6 Å². The molecule has 0 bridgehead atoms. The number of sulfonamides is 1. The summed E-state index contributed by atoms with van der Waals surface area (Å²) in [5.74, 6) is -0.881. The van der Waals surface area contributed by atoms with E-state index >= 15 is 0 Å². The van der Waals surface area contributed by atoms with Gasteiger partial charge in [0.1, 0.15) is 0 Å². The fraction of sp³-hybridized carbons (Fsp3) is 0.250. The van der Waals surface area contributed by atoms with Crippen molar-refractivity contribution in [1.29, 1.82) is 0 Å². The second kappa shape index (κ2) is 8.39. The second-order valence-corrected chi connectivity index (χ2v) is 6.96. The van der Waals surface area contributed by atoms with Crippen LogP contribution >= 0.6 is 0 Å². The lowest BCUT2D eigenvalue weighted by atomic mass is 10.2. The van der Waals surface area contributed by atoms with Crippen LogP contribution in [0.15, 0.2) is 41.4 Å². The van der Waals surface area contributed by atoms with Crippen LogP contribution in [0, 0.1) is 6.92 Å². The molecule has 0 fully saturated rings. The second-order valence-electron chi connectivity index (χ2n) is 5.28. The van der Waals surface area contributed by atoms with Gasteiger partial charge in [-0.25, -0.2) is 23.1 Å². The number of esters is 1. The molecule has 0 saturated heterocycles. The lowest BCUT2D eigenvalue weighted by Gasteiger charge is -2.08. The minimum atomic E-state index is -3.85. The first-order valence-corrected chi connectivity index (χ1v) is 9.07. The van der Waals surface area contributed by atoms with Crippen molar-refractivity contribution < 1.29 is 22.7 Å². The maximum atomic E-state index is 12.3. The summed E-state index contributed by atoms with van der Waals surface area (Å²) in [4.78, 5) is 30.6. The molecule has 0 aliphatic heterocycles. The molecule has 0 unspecified atom stereocenters. The van der Waals surface area contributed by atoms with Crippen molar-refractivity contribution >= 4 is 33.5 Å². The number of nitrogens with zero attached hydrogens (tertiary/aromatic N) is 2. The molecule has 9 nitrogen and oxygen atoms in total. The Morgan fingerprint density at radius 3 is 2.42 bits per heavy atom. The van der Waals surface area contributed by atoms with E-state index in [-0.39, 0.29) is 29.6 Å². The topological polar surface area (TPSA) is 127 Å². The fourth-order valence-electron chi connectivity index (χ4n) is 1.94. The summed E-state index contributed by atoms with van der Waals surface area (Å²) in [6.45, 7) is 1.72. The van der Waals surface area contributed by atoms with Crippen molar-refractivity contribution in [2.75, 3.05) is 17.1 Å². The molecule has 1 aromatic heterocycles. The minimum absolute atomic E-state index is 0.00448. The summed E-state index contributed by atoms with van der Waals surface area (Å²) in [6.07, 6.45) is 1.39. The van der Waals surface area contributed by atoms with Crippen molar-refractivity contribution in [2.45, 2.75) is 24.7 Å². The molecule has 2 rings (SSSR count). The molecule has 0 radical (unpaired) electrons. The monoisotopic (exact) mass is 378 g/mol. The lowest BCUT2D eigenvalue weighted by Crippen LogP contribution is -2.16. The molecule has 2 aromatic rings. The summed E-state index contributed by atoms with van der Waals surface area (Å²) >= 11 is 0. The van der Waals surface area contributed by atoms with Crippen LogP contribution in [0.1, 0.15) is 18.5 Å². The molecule has 0 atom stereocenters. The number of methoxy groups -OCH3 is 1. The van der Waals surface area contributed by atoms with E-state index in [9.17, 15) is 18.0 Å². The predicted molar refractivity (Wildman–Crippen MR) is 93.9 cm³/mol. The lowest BCUT2D eigenvalue weighted by molar-refractivity contribution is -0.141. The summed E-state index contributed by atoms with van der Waals surface area (Å²) in [7, 11) is -2.60. The van der Waals surface area contributed by atoms with Crippen LogP contribution in [-0.2, 0) is 24.3 Å². The zero-order chi connectivity index (χ0) is 19.2. The molecule has 0 aliphatic rings. The highest BCUT2D eigenvalue weighted by atomic mass is 32.2. The largest absolute Gasteiger partial charge is 0.469 e. The Kier molecular flexibility index (Phi) is 6.23. The SMILES string of the molecule is COC(=O)CCC(=O)Nc1ccc(S(=O)(=O)Nc2nccc(C)n2)cc1. The number of ether oxygens (including phenoxy) is 1. The highest BCUT2D eigenvalue weighted by Gasteiger charge is 2.16. The number of carbonyl (C=O) groups excluding carboxylic acids is 2. The quantitative estimate of drug-likeness (QED) is 0.698. The molecular formula is C16H18N4O5S. The van der Waals surface area contributed by atoms with E-state index in [0.717, 1.165) is 0 Å². The number of amides is 1. The average molecular weight is 378 g/mol. The van der Waals surface area contributed by atoms with Crippen LogP contribution in [0.5, 0.6) is 0 Å². The van der Waals surface area contributed by atoms with Gasteiger partial charge < -0.3 is 10.1 Å². The molecule has 1 aromatic carbocycles. The number of nitrogens with one attached hydrogen (secondary N) is 2. The molecule has 138 valence electrons. The number of aryl methyl sites for hydroxylation is 1. The van der Waals surface area contributed by atoms with Crippen molar-refractivity contribution in [3.8, 4) is 0 Å². The first-order valence-electron chi connectivity index (χ1n) is 7.59. The number of rotatable bonds is 7. The van der Waals surface area contributed by atoms with Gasteiger partial charge in [0.2, 0.25) is 11.9 Å². The highest BCUT2D eigenvalue weighted by Crippen LogP contribution is 2.17. The smallest absolute Gasteiger partial charge is 0.306 e. The number of benzene rings is 1. The Morgan fingerprint density at radius 2 is 1.81 bits per heavy atom. The van der Waals surface area contributed by atoms with Gasteiger partial charge in [-0.05, 0) is 37.3 Å². The Labute approximate surface area is 150 Å². The molecule has 0 saturated carbocycles. The van der Waals surface area contributed by atoms with E-state index in [2.05, 4.69) is 24.7 Å². The zero-order valence-corrected chi connectivity index (χ0v) is 15.0. The minimum Gasteiger partial charge on any atom is -0.469 e. The van der Waals surface area contributed by atoms with E-state index in [1.54, 1.807) is 13.0 Å². The summed E-state index contributed by atoms with van der Waals surface area (Å²) in [5, 5.41) is 2.57. The molecule has 0 spiro atoms. The molecule has 10 heteroatoms. The Hall–Kier alpha value is -3.01. The third kappa shape index (κ3) is 5.52. The highest BCUT2D eigenvalue weighted by molar-refractivity contribution is 7.92. The maximum Gasteiger partial charge on any atom is 0.306 e. The van der Waals surface area contributed by atoms with Gasteiger partial charge in [-0.2, -0.15) is 0 Å². The standard InChI is InChI=1S/C16H18N4O5S/c1-11-9-10-17-16(18-11)20-26(23,24)13-5-3-12(4-6-13)19-14(21)7-8-15(22)25-2/h3-6,9-10H,7-8H2,1-2H3,(H,19,21)(H,17,18,20). The van der Waals surface area contributed by atoms with Crippen molar-refractivity contribution in [2.24, 2.45) is 0 Å². The third-order valence-electron chi connectivity index (χ3n) is 3.25. The van der Waals surface area contributed by atoms with Gasteiger partial charge in [0.05, 0.1) is 18.4 Å². The zero-order valence-electron chi connectivity index (χ0n) is 14.2. The normalized spacial score (nSPS) is 10.8. The molecule has 1 amide bonds. The van der Waals surface area contributed by atoms with Gasteiger partial charge in [-0.1, -0.05) is 0 Å². The van der Waals surface area contributed by atoms with Crippen LogP contribution in [0.3, 0.4) is 0 Å². The third-order valence-corrected chi connectivity index (χ3v) is 4.60. The Morgan fingerprint density at radius 1 is 1.12 bits per heavy atom. The van der Waals surface area contributed by atoms with Gasteiger partial charge >= 0.3 is 5.97 Å². The van der Waals surface area contributed by atoms with Gasteiger partial charge in [0, 0.05) is 24.0 Å². The molecular weight excluding hydrogens is 360 g/mol. The molecule has 0 aliphatic carbocycles. The summed E-state index contributed by atoms with van der Waals surface area (Å²) < 4.78 is 31.4. The van der Waals surface area contributed by atoms with Crippen LogP contribution in [-0.4, -0.2) is 37.4 Å². The van der Waals surface area contributed by atoms with Crippen LogP contribution < -0.4 is 10.0 Å². The summed E-state index contributed by atoms with van der Waals surface area (Å²) in [5.41, 5.74) is 1.04. The van der Waals surface area contributed by atoms with Gasteiger partial charge in [-0.3, -0.25) is 9.59 Å². The molecule has 26 heavy (non-hydrogen) atoms. The number of anilines is 2. The van der Waals surface area contributed by atoms with Crippen LogP contribution in [0.2, 0.25) is 0 Å². The first-order chi connectivity index (χ1) is 12.3. The van der Waals surface area contributed by atoms with Crippen molar-refractivity contribution in [3.05, 3.63) is 42.2 Å². The fourth-order valence-corrected chi connectivity index (χ4v) is 2.89. The van der Waals surface area contributed by atoms with Gasteiger partial charge in [-0.15, -0.1) is 0 Å². The van der Waals surface area contributed by atoms with Crippen molar-refractivity contribution in [1.82, 2.24) is 9.97 Å². The van der Waals surface area contributed by atoms with E-state index in [0.29, 0.717) is 11.4 Å². The number of carbonyl (C=O) groups is 2. The predicted octanol–water partition coefficient (Wildman–Crippen LogP) is 1.48. The Balaban J connectivity index is 2.01. The van der Waals surface area contributed by atoms with E-state index in [1.807, 2.05) is 0 Å².